The third-order valence-electron chi connectivity index (χ3n) is 2.75. The van der Waals surface area contributed by atoms with Gasteiger partial charge in [0.1, 0.15) is 48.6 Å². The molecule has 15 nitrogen and oxygen atoms in total. The molecule has 28 heavy (non-hydrogen) atoms. The number of carbonyl (C=O) groups excluding carboxylic acids is 4. The molecule has 0 amide bonds. The summed E-state index contributed by atoms with van der Waals surface area (Å²) in [5, 5.41) is 88.9. The first-order chi connectivity index (χ1) is 11.8. The van der Waals surface area contributed by atoms with Crippen LogP contribution >= 0.6 is 0 Å². The Balaban J connectivity index is -0.000000192. The molecular formula is C12H20CaO15. The Bertz CT molecular complexity index is 453. The van der Waals surface area contributed by atoms with Crippen molar-refractivity contribution >= 4 is 61.2 Å². The number of aliphatic hydroxyl groups is 8. The second-order valence-corrected chi connectivity index (χ2v) is 4.67. The molecule has 0 aromatic heterocycles. The van der Waals surface area contributed by atoms with Crippen molar-refractivity contribution in [2.24, 2.45) is 0 Å². The molecule has 0 saturated heterocycles. The van der Waals surface area contributed by atoms with E-state index < -0.39 is 73.3 Å². The fourth-order valence-corrected chi connectivity index (χ4v) is 1.19. The topological polar surface area (TPSA) is 308 Å². The van der Waals surface area contributed by atoms with E-state index in [4.69, 9.17) is 40.9 Å². The summed E-state index contributed by atoms with van der Waals surface area (Å²) in [6, 6.07) is 0. The SMILES string of the molecule is O.O=C([O-])C(=O)[C@@H](O)[C@@H](O)[C@H](O)CO.O=C([O-])C(=O)[C@@H](O)[C@@H](O)[C@H](O)CO.[Ca+2]. The average molecular weight is 444 g/mol. The summed E-state index contributed by atoms with van der Waals surface area (Å²) in [6.45, 7) is -1.81. The smallest absolute Gasteiger partial charge is 0.542 e. The molecule has 0 aliphatic heterocycles. The molecule has 0 radical (unpaired) electrons. The average Bonchev–Trinajstić information content (AvgIpc) is 2.62. The Hall–Kier alpha value is -0.820. The van der Waals surface area contributed by atoms with E-state index in [1.807, 2.05) is 0 Å². The van der Waals surface area contributed by atoms with Gasteiger partial charge in [-0.1, -0.05) is 0 Å². The van der Waals surface area contributed by atoms with Crippen molar-refractivity contribution < 1.29 is 75.7 Å². The number of carbonyl (C=O) groups is 4. The van der Waals surface area contributed by atoms with Crippen molar-refractivity contribution in [1.29, 1.82) is 0 Å². The first kappa shape index (κ1) is 34.7. The van der Waals surface area contributed by atoms with E-state index in [1.54, 1.807) is 0 Å². The van der Waals surface area contributed by atoms with Crippen LogP contribution in [0.15, 0.2) is 0 Å². The number of ketones is 2. The van der Waals surface area contributed by atoms with Gasteiger partial charge in [0.2, 0.25) is 11.6 Å². The number of Topliss-reactive ketones (excluding diaryl/α,β-unsaturated/α-hetero) is 2. The number of rotatable bonds is 10. The fourth-order valence-electron chi connectivity index (χ4n) is 1.19. The Morgan fingerprint density at radius 2 is 0.857 bits per heavy atom. The molecule has 10 N–H and O–H groups in total. The van der Waals surface area contributed by atoms with Crippen molar-refractivity contribution in [3.8, 4) is 0 Å². The normalized spacial score (nSPS) is 16.3. The third kappa shape index (κ3) is 11.9. The summed E-state index contributed by atoms with van der Waals surface area (Å²) in [5.74, 6) is -7.84. The molecule has 0 aromatic carbocycles. The quantitative estimate of drug-likeness (QED) is 0.115. The Kier molecular flexibility index (Phi) is 21.1. The van der Waals surface area contributed by atoms with Crippen molar-refractivity contribution in [2.45, 2.75) is 36.6 Å². The minimum atomic E-state index is -2.30. The van der Waals surface area contributed by atoms with Crippen LogP contribution in [-0.2, 0) is 19.2 Å². The molecule has 0 rings (SSSR count). The van der Waals surface area contributed by atoms with E-state index >= 15 is 0 Å². The maximum atomic E-state index is 10.4. The van der Waals surface area contributed by atoms with E-state index in [0.29, 0.717) is 0 Å². The zero-order valence-corrected chi connectivity index (χ0v) is 16.3. The van der Waals surface area contributed by atoms with Gasteiger partial charge in [0.15, 0.2) is 0 Å². The van der Waals surface area contributed by atoms with Crippen LogP contribution in [0.1, 0.15) is 0 Å². The Morgan fingerprint density at radius 1 is 0.643 bits per heavy atom. The van der Waals surface area contributed by atoms with Crippen molar-refractivity contribution in [2.75, 3.05) is 13.2 Å². The predicted molar refractivity (Wildman–Crippen MR) is 79.6 cm³/mol. The van der Waals surface area contributed by atoms with Crippen LogP contribution in [0.2, 0.25) is 0 Å². The number of carboxylic acids is 2. The molecule has 0 unspecified atom stereocenters. The Labute approximate surface area is 186 Å². The van der Waals surface area contributed by atoms with Crippen LogP contribution in [0, 0.1) is 0 Å². The summed E-state index contributed by atoms with van der Waals surface area (Å²) < 4.78 is 0. The van der Waals surface area contributed by atoms with Gasteiger partial charge < -0.3 is 66.1 Å². The molecular weight excluding hydrogens is 424 g/mol. The largest absolute Gasteiger partial charge is 2.00 e. The number of hydrogen-bond acceptors (Lipinski definition) is 14. The molecule has 0 fully saturated rings. The van der Waals surface area contributed by atoms with Gasteiger partial charge in [-0.3, -0.25) is 9.59 Å². The predicted octanol–water partition coefficient (Wildman–Crippen LogP) is -10.4. The monoisotopic (exact) mass is 444 g/mol. The second-order valence-electron chi connectivity index (χ2n) is 4.67. The molecule has 0 spiro atoms. The minimum absolute atomic E-state index is 0. The van der Waals surface area contributed by atoms with Gasteiger partial charge in [-0.05, 0) is 0 Å². The number of aliphatic carboxylic acids is 2. The first-order valence-corrected chi connectivity index (χ1v) is 6.63. The summed E-state index contributed by atoms with van der Waals surface area (Å²) in [5.41, 5.74) is 0. The van der Waals surface area contributed by atoms with Crippen molar-refractivity contribution in [1.82, 2.24) is 0 Å². The molecule has 16 heteroatoms. The van der Waals surface area contributed by atoms with Gasteiger partial charge in [0.05, 0.1) is 13.2 Å². The van der Waals surface area contributed by atoms with Crippen LogP contribution in [0.25, 0.3) is 0 Å². The van der Waals surface area contributed by atoms with E-state index in [1.165, 1.54) is 0 Å². The summed E-state index contributed by atoms with van der Waals surface area (Å²) in [6.07, 6.45) is -12.2. The van der Waals surface area contributed by atoms with Gasteiger partial charge >= 0.3 is 37.7 Å². The van der Waals surface area contributed by atoms with E-state index in [0.717, 1.165) is 0 Å². The first-order valence-electron chi connectivity index (χ1n) is 6.63. The summed E-state index contributed by atoms with van der Waals surface area (Å²) in [4.78, 5) is 40.6. The van der Waals surface area contributed by atoms with Gasteiger partial charge in [0.25, 0.3) is 0 Å². The van der Waals surface area contributed by atoms with E-state index in [-0.39, 0.29) is 43.2 Å². The van der Waals surface area contributed by atoms with Crippen LogP contribution in [0.5, 0.6) is 0 Å². The van der Waals surface area contributed by atoms with Crippen LogP contribution < -0.4 is 10.2 Å². The van der Waals surface area contributed by atoms with E-state index in [2.05, 4.69) is 0 Å². The van der Waals surface area contributed by atoms with Crippen LogP contribution in [0.4, 0.5) is 0 Å². The zero-order chi connectivity index (χ0) is 21.2. The van der Waals surface area contributed by atoms with Crippen molar-refractivity contribution in [3.63, 3.8) is 0 Å². The molecule has 0 bridgehead atoms. The number of carboxylic acid groups (broad SMARTS) is 2. The second kappa shape index (κ2) is 17.1. The van der Waals surface area contributed by atoms with Gasteiger partial charge in [-0.2, -0.15) is 0 Å². The molecule has 0 aliphatic rings. The molecule has 160 valence electrons. The maximum Gasteiger partial charge on any atom is 2.00 e. The summed E-state index contributed by atoms with van der Waals surface area (Å²) in [7, 11) is 0. The van der Waals surface area contributed by atoms with Gasteiger partial charge in [0, 0.05) is 0 Å². The van der Waals surface area contributed by atoms with Crippen molar-refractivity contribution in [3.05, 3.63) is 0 Å². The standard InChI is InChI=1S/2C6H10O7.Ca.H2O/c2*7-1-2(8)3(9)4(10)5(11)6(12)13;;/h2*2-4,7-10H,1H2,(H,12,13);;1H2/q;;+2;/p-2/t2*2-,3+,4+;;/m11../s1. The zero-order valence-electron chi connectivity index (χ0n) is 14.1. The van der Waals surface area contributed by atoms with Crippen LogP contribution in [0.3, 0.4) is 0 Å². The molecule has 0 aliphatic carbocycles. The molecule has 0 saturated carbocycles. The molecule has 6 atom stereocenters. The van der Waals surface area contributed by atoms with Gasteiger partial charge in [-0.25, -0.2) is 0 Å². The fraction of sp³-hybridized carbons (Fsp3) is 0.667. The number of hydrogen-bond donors (Lipinski definition) is 8. The molecule has 0 aromatic rings. The third-order valence-corrected chi connectivity index (χ3v) is 2.75. The summed E-state index contributed by atoms with van der Waals surface area (Å²) >= 11 is 0. The Morgan fingerprint density at radius 3 is 1.00 bits per heavy atom. The number of aliphatic hydroxyl groups excluding tert-OH is 8. The van der Waals surface area contributed by atoms with E-state index in [9.17, 15) is 29.4 Å². The maximum absolute atomic E-state index is 10.4. The van der Waals surface area contributed by atoms with Gasteiger partial charge in [-0.15, -0.1) is 0 Å². The molecule has 0 heterocycles. The van der Waals surface area contributed by atoms with Crippen LogP contribution in [-0.4, -0.2) is 157 Å². The minimum Gasteiger partial charge on any atom is -0.542 e.